The molecule has 0 fully saturated rings. The smallest absolute Gasteiger partial charge is 0.262 e. The highest BCUT2D eigenvalue weighted by Crippen LogP contribution is 2.34. The van der Waals surface area contributed by atoms with Crippen LogP contribution in [0.5, 0.6) is 0 Å². The van der Waals surface area contributed by atoms with Crippen molar-refractivity contribution < 1.29 is 4.79 Å². The summed E-state index contributed by atoms with van der Waals surface area (Å²) >= 11 is 7.65. The lowest BCUT2D eigenvalue weighted by atomic mass is 10.2. The number of nitrogens with zero attached hydrogens (tertiary/aromatic N) is 2. The number of hydrogen-bond donors (Lipinski definition) is 2. The van der Waals surface area contributed by atoms with E-state index in [0.29, 0.717) is 22.9 Å². The number of thiophene rings is 1. The second-order valence-corrected chi connectivity index (χ2v) is 5.61. The fourth-order valence-electron chi connectivity index (χ4n) is 1.89. The summed E-state index contributed by atoms with van der Waals surface area (Å²) in [5.41, 5.74) is 0. The Morgan fingerprint density at radius 1 is 1.40 bits per heavy atom. The number of benzene rings is 1. The molecule has 1 aromatic carbocycles. The highest BCUT2D eigenvalue weighted by atomic mass is 35.5. The Morgan fingerprint density at radius 2 is 2.25 bits per heavy atom. The van der Waals surface area contributed by atoms with E-state index in [1.54, 1.807) is 0 Å². The second kappa shape index (κ2) is 5.60. The maximum atomic E-state index is 12.1. The summed E-state index contributed by atoms with van der Waals surface area (Å²) in [7, 11) is 0. The van der Waals surface area contributed by atoms with E-state index < -0.39 is 0 Å². The van der Waals surface area contributed by atoms with Crippen LogP contribution < -0.4 is 5.32 Å². The number of fused-ring (bicyclic) bond motifs is 1. The summed E-state index contributed by atoms with van der Waals surface area (Å²) in [5, 5.41) is 10.8. The molecule has 0 bridgehead atoms. The van der Waals surface area contributed by atoms with Crippen molar-refractivity contribution in [2.45, 2.75) is 6.42 Å². The molecule has 0 radical (unpaired) electrons. The zero-order valence-electron chi connectivity index (χ0n) is 10.4. The van der Waals surface area contributed by atoms with Gasteiger partial charge in [0.1, 0.15) is 17.0 Å². The van der Waals surface area contributed by atoms with E-state index in [-0.39, 0.29) is 5.91 Å². The Balaban J connectivity index is 1.71. The van der Waals surface area contributed by atoms with Crippen molar-refractivity contribution in [1.82, 2.24) is 20.5 Å². The van der Waals surface area contributed by atoms with Crippen molar-refractivity contribution in [2.24, 2.45) is 0 Å². The number of nitrogens with one attached hydrogen (secondary N) is 2. The number of aromatic amines is 1. The first kappa shape index (κ1) is 13.1. The van der Waals surface area contributed by atoms with Crippen LogP contribution in [0.1, 0.15) is 15.5 Å². The quantitative estimate of drug-likeness (QED) is 0.778. The predicted octanol–water partition coefficient (Wildman–Crippen LogP) is 2.65. The van der Waals surface area contributed by atoms with Crippen LogP contribution >= 0.6 is 22.9 Å². The van der Waals surface area contributed by atoms with Crippen molar-refractivity contribution >= 4 is 38.9 Å². The second-order valence-electron chi connectivity index (χ2n) is 4.18. The number of halogens is 1. The highest BCUT2D eigenvalue weighted by molar-refractivity contribution is 7.21. The average Bonchev–Trinajstić information content (AvgIpc) is 3.08. The van der Waals surface area contributed by atoms with Crippen molar-refractivity contribution in [3.63, 3.8) is 0 Å². The molecule has 0 aliphatic rings. The Hall–Kier alpha value is -1.92. The van der Waals surface area contributed by atoms with Gasteiger partial charge in [-0.2, -0.15) is 5.10 Å². The normalized spacial score (nSPS) is 10.8. The molecule has 5 nitrogen and oxygen atoms in total. The minimum Gasteiger partial charge on any atom is -0.351 e. The van der Waals surface area contributed by atoms with Gasteiger partial charge >= 0.3 is 0 Å². The van der Waals surface area contributed by atoms with Gasteiger partial charge in [0.15, 0.2) is 0 Å². The van der Waals surface area contributed by atoms with Crippen LogP contribution in [0.25, 0.3) is 10.1 Å². The lowest BCUT2D eigenvalue weighted by molar-refractivity contribution is 0.0958. The minimum atomic E-state index is -0.157. The van der Waals surface area contributed by atoms with E-state index in [2.05, 4.69) is 20.5 Å². The van der Waals surface area contributed by atoms with E-state index in [1.165, 1.54) is 17.7 Å². The molecule has 0 atom stereocenters. The first-order valence-electron chi connectivity index (χ1n) is 6.05. The zero-order valence-corrected chi connectivity index (χ0v) is 12.0. The third kappa shape index (κ3) is 2.52. The lowest BCUT2D eigenvalue weighted by Crippen LogP contribution is -2.25. The van der Waals surface area contributed by atoms with Crippen LogP contribution in [-0.2, 0) is 6.42 Å². The van der Waals surface area contributed by atoms with Crippen LogP contribution in [0.4, 0.5) is 0 Å². The molecule has 20 heavy (non-hydrogen) atoms. The molecule has 102 valence electrons. The first-order valence-corrected chi connectivity index (χ1v) is 7.24. The van der Waals surface area contributed by atoms with Crippen LogP contribution in [0.15, 0.2) is 30.6 Å². The molecule has 3 aromatic rings. The number of rotatable bonds is 4. The Bertz CT molecular complexity index is 738. The zero-order chi connectivity index (χ0) is 13.9. The van der Waals surface area contributed by atoms with Crippen LogP contribution in [0.2, 0.25) is 5.02 Å². The number of H-pyrrole nitrogens is 1. The highest BCUT2D eigenvalue weighted by Gasteiger charge is 2.16. The van der Waals surface area contributed by atoms with Gasteiger partial charge in [0, 0.05) is 23.1 Å². The first-order chi connectivity index (χ1) is 9.75. The molecule has 0 unspecified atom stereocenters. The molecule has 0 saturated heterocycles. The molecule has 0 aliphatic carbocycles. The van der Waals surface area contributed by atoms with Crippen molar-refractivity contribution in [3.8, 4) is 0 Å². The predicted molar refractivity (Wildman–Crippen MR) is 79.3 cm³/mol. The van der Waals surface area contributed by atoms with Crippen LogP contribution in [-0.4, -0.2) is 27.6 Å². The Morgan fingerprint density at radius 3 is 3.00 bits per heavy atom. The molecule has 0 spiro atoms. The number of carbonyl (C=O) groups is 1. The van der Waals surface area contributed by atoms with Gasteiger partial charge in [-0.05, 0) is 6.07 Å². The third-order valence-corrected chi connectivity index (χ3v) is 4.53. The Labute approximate surface area is 124 Å². The summed E-state index contributed by atoms with van der Waals surface area (Å²) in [6.45, 7) is 0.485. The van der Waals surface area contributed by atoms with Gasteiger partial charge in [0.25, 0.3) is 5.91 Å². The van der Waals surface area contributed by atoms with Crippen molar-refractivity contribution in [1.29, 1.82) is 0 Å². The number of hydrogen-bond acceptors (Lipinski definition) is 4. The van der Waals surface area contributed by atoms with Gasteiger partial charge in [-0.3, -0.25) is 9.89 Å². The van der Waals surface area contributed by atoms with Crippen LogP contribution in [0, 0.1) is 0 Å². The summed E-state index contributed by atoms with van der Waals surface area (Å²) in [6.07, 6.45) is 2.05. The molecule has 2 heterocycles. The van der Waals surface area contributed by atoms with E-state index in [1.807, 2.05) is 24.3 Å². The molecular weight excluding hydrogens is 296 g/mol. The van der Waals surface area contributed by atoms with Gasteiger partial charge in [-0.25, -0.2) is 4.98 Å². The third-order valence-electron chi connectivity index (χ3n) is 2.85. The van der Waals surface area contributed by atoms with Gasteiger partial charge in [0.2, 0.25) is 0 Å². The van der Waals surface area contributed by atoms with Crippen LogP contribution in [0.3, 0.4) is 0 Å². The molecule has 1 amide bonds. The molecular formula is C13H11ClN4OS. The topological polar surface area (TPSA) is 70.7 Å². The van der Waals surface area contributed by atoms with Gasteiger partial charge < -0.3 is 5.32 Å². The molecule has 2 aromatic heterocycles. The monoisotopic (exact) mass is 306 g/mol. The standard InChI is InChI=1S/C13H11ClN4OS/c14-11-8-3-1-2-4-9(8)20-12(11)13(19)15-6-5-10-16-7-17-18-10/h1-4,7H,5-6H2,(H,15,19)(H,16,17,18). The van der Waals surface area contributed by atoms with E-state index in [9.17, 15) is 4.79 Å². The lowest BCUT2D eigenvalue weighted by Gasteiger charge is -2.02. The average molecular weight is 307 g/mol. The maximum Gasteiger partial charge on any atom is 0.262 e. The molecule has 2 N–H and O–H groups in total. The van der Waals surface area contributed by atoms with Gasteiger partial charge in [-0.1, -0.05) is 29.8 Å². The fraction of sp³-hybridized carbons (Fsp3) is 0.154. The number of aromatic nitrogens is 3. The minimum absolute atomic E-state index is 0.157. The van der Waals surface area contributed by atoms with Crippen molar-refractivity contribution in [3.05, 3.63) is 46.3 Å². The van der Waals surface area contributed by atoms with E-state index in [0.717, 1.165) is 15.9 Å². The largest absolute Gasteiger partial charge is 0.351 e. The van der Waals surface area contributed by atoms with E-state index in [4.69, 9.17) is 11.6 Å². The molecule has 3 rings (SSSR count). The molecule has 0 aliphatic heterocycles. The number of amides is 1. The summed E-state index contributed by atoms with van der Waals surface area (Å²) in [5.74, 6) is 0.587. The molecule has 7 heteroatoms. The molecule has 0 saturated carbocycles. The summed E-state index contributed by atoms with van der Waals surface area (Å²) < 4.78 is 1.01. The van der Waals surface area contributed by atoms with Crippen molar-refractivity contribution in [2.75, 3.05) is 6.54 Å². The van der Waals surface area contributed by atoms with Gasteiger partial charge in [0.05, 0.1) is 5.02 Å². The fourth-order valence-corrected chi connectivity index (χ4v) is 3.32. The van der Waals surface area contributed by atoms with Gasteiger partial charge in [-0.15, -0.1) is 11.3 Å². The summed E-state index contributed by atoms with van der Waals surface area (Å²) in [4.78, 5) is 16.7. The Kier molecular flexibility index (Phi) is 3.66. The van der Waals surface area contributed by atoms with E-state index >= 15 is 0 Å². The summed E-state index contributed by atoms with van der Waals surface area (Å²) in [6, 6.07) is 7.71. The maximum absolute atomic E-state index is 12.1. The number of carbonyl (C=O) groups excluding carboxylic acids is 1. The SMILES string of the molecule is O=C(NCCc1ncn[nH]1)c1sc2ccccc2c1Cl.